The quantitative estimate of drug-likeness (QED) is 0.772. The molecule has 0 aliphatic carbocycles. The molecule has 0 aromatic carbocycles. The molecule has 16 heavy (non-hydrogen) atoms. The molecule has 0 aromatic rings. The topological polar surface area (TPSA) is 24.5 Å². The molecule has 2 aliphatic heterocycles. The molecule has 2 fully saturated rings. The summed E-state index contributed by atoms with van der Waals surface area (Å²) in [5.74, 6) is 0.718. The fourth-order valence-corrected chi connectivity index (χ4v) is 2.85. The van der Waals surface area contributed by atoms with E-state index in [2.05, 4.69) is 31.0 Å². The highest BCUT2D eigenvalue weighted by molar-refractivity contribution is 4.88. The molecule has 0 saturated carbocycles. The minimum absolute atomic E-state index is 0.644. The van der Waals surface area contributed by atoms with E-state index in [-0.39, 0.29) is 0 Å². The van der Waals surface area contributed by atoms with Crippen molar-refractivity contribution in [2.24, 2.45) is 5.92 Å². The van der Waals surface area contributed by atoms with Gasteiger partial charge in [0.2, 0.25) is 0 Å². The zero-order valence-electron chi connectivity index (χ0n) is 10.9. The maximum Gasteiger partial charge on any atom is 0.0622 e. The summed E-state index contributed by atoms with van der Waals surface area (Å²) in [7, 11) is 0. The maximum absolute atomic E-state index is 5.53. The van der Waals surface area contributed by atoms with Crippen molar-refractivity contribution < 1.29 is 4.74 Å². The van der Waals surface area contributed by atoms with Gasteiger partial charge >= 0.3 is 0 Å². The summed E-state index contributed by atoms with van der Waals surface area (Å²) in [5.41, 5.74) is 0. The Balaban J connectivity index is 2.00. The Morgan fingerprint density at radius 2 is 2.12 bits per heavy atom. The number of hydrogen-bond acceptors (Lipinski definition) is 3. The lowest BCUT2D eigenvalue weighted by molar-refractivity contribution is 0.108. The second-order valence-corrected chi connectivity index (χ2v) is 5.66. The zero-order chi connectivity index (χ0) is 11.5. The number of hydrogen-bond donors (Lipinski definition) is 1. The highest BCUT2D eigenvalue weighted by atomic mass is 16.5. The minimum atomic E-state index is 0.644. The van der Waals surface area contributed by atoms with Crippen LogP contribution < -0.4 is 5.32 Å². The molecule has 2 heterocycles. The number of nitrogens with zero attached hydrogens (tertiary/aromatic N) is 1. The Hall–Kier alpha value is -0.120. The molecule has 3 unspecified atom stereocenters. The monoisotopic (exact) mass is 226 g/mol. The van der Waals surface area contributed by atoms with E-state index in [0.717, 1.165) is 25.7 Å². The summed E-state index contributed by atoms with van der Waals surface area (Å²) in [6, 6.07) is 2.00. The molecule has 3 nitrogen and oxygen atoms in total. The standard InChI is InChI=1S/C13H26N2O/c1-10(2)13-8-15(11(3)4-6-14-13)12-5-7-16-9-12/h10-14H,4-9H2,1-3H3. The summed E-state index contributed by atoms with van der Waals surface area (Å²) < 4.78 is 5.53. The molecule has 2 rings (SSSR count). The molecule has 3 atom stereocenters. The van der Waals surface area contributed by atoms with Gasteiger partial charge in [-0.3, -0.25) is 4.90 Å². The molecule has 0 aromatic heterocycles. The number of ether oxygens (including phenoxy) is 1. The van der Waals surface area contributed by atoms with Crippen LogP contribution in [0.2, 0.25) is 0 Å². The van der Waals surface area contributed by atoms with E-state index in [1.165, 1.54) is 19.4 Å². The van der Waals surface area contributed by atoms with Crippen LogP contribution in [-0.2, 0) is 4.74 Å². The summed E-state index contributed by atoms with van der Waals surface area (Å²) >= 11 is 0. The number of rotatable bonds is 2. The first-order valence-electron chi connectivity index (χ1n) is 6.75. The molecule has 0 amide bonds. The SMILES string of the molecule is CC(C)C1CN(C2CCOC2)C(C)CCN1. The van der Waals surface area contributed by atoms with Crippen molar-refractivity contribution >= 4 is 0 Å². The third kappa shape index (κ3) is 2.76. The normalized spacial score (nSPS) is 37.9. The van der Waals surface area contributed by atoms with Crippen LogP contribution in [0.15, 0.2) is 0 Å². The predicted molar refractivity (Wildman–Crippen MR) is 66.6 cm³/mol. The first-order chi connectivity index (χ1) is 7.68. The van der Waals surface area contributed by atoms with Crippen LogP contribution in [-0.4, -0.2) is 49.3 Å². The van der Waals surface area contributed by atoms with Crippen LogP contribution in [0, 0.1) is 5.92 Å². The largest absolute Gasteiger partial charge is 0.380 e. The lowest BCUT2D eigenvalue weighted by Gasteiger charge is -2.34. The Kier molecular flexibility index (Phi) is 4.22. The van der Waals surface area contributed by atoms with Gasteiger partial charge in [0.15, 0.2) is 0 Å². The highest BCUT2D eigenvalue weighted by Crippen LogP contribution is 2.21. The molecule has 0 spiro atoms. The molecule has 0 radical (unpaired) electrons. The molecule has 3 heteroatoms. The van der Waals surface area contributed by atoms with E-state index in [9.17, 15) is 0 Å². The van der Waals surface area contributed by atoms with Gasteiger partial charge in [-0.1, -0.05) is 13.8 Å². The summed E-state index contributed by atoms with van der Waals surface area (Å²) in [6.45, 7) is 11.2. The van der Waals surface area contributed by atoms with E-state index in [0.29, 0.717) is 18.1 Å². The van der Waals surface area contributed by atoms with Crippen LogP contribution >= 0.6 is 0 Å². The molecular weight excluding hydrogens is 200 g/mol. The van der Waals surface area contributed by atoms with Crippen LogP contribution in [0.5, 0.6) is 0 Å². The van der Waals surface area contributed by atoms with Crippen molar-refractivity contribution in [1.29, 1.82) is 0 Å². The Bertz CT molecular complexity index is 214. The Morgan fingerprint density at radius 3 is 2.75 bits per heavy atom. The van der Waals surface area contributed by atoms with E-state index in [1.807, 2.05) is 0 Å². The van der Waals surface area contributed by atoms with E-state index in [4.69, 9.17) is 4.74 Å². The molecule has 1 N–H and O–H groups in total. The van der Waals surface area contributed by atoms with Crippen molar-refractivity contribution in [1.82, 2.24) is 10.2 Å². The summed E-state index contributed by atoms with van der Waals surface area (Å²) in [6.07, 6.45) is 2.48. The first kappa shape index (κ1) is 12.3. The first-order valence-corrected chi connectivity index (χ1v) is 6.75. The van der Waals surface area contributed by atoms with E-state index in [1.54, 1.807) is 0 Å². The Labute approximate surface area is 99.5 Å². The van der Waals surface area contributed by atoms with Gasteiger partial charge in [-0.2, -0.15) is 0 Å². The van der Waals surface area contributed by atoms with Crippen LogP contribution in [0.1, 0.15) is 33.6 Å². The van der Waals surface area contributed by atoms with Gasteiger partial charge in [0, 0.05) is 31.3 Å². The molecule has 94 valence electrons. The van der Waals surface area contributed by atoms with Crippen molar-refractivity contribution in [3.8, 4) is 0 Å². The van der Waals surface area contributed by atoms with E-state index < -0.39 is 0 Å². The van der Waals surface area contributed by atoms with Gasteiger partial charge in [0.05, 0.1) is 6.61 Å². The predicted octanol–water partition coefficient (Wildman–Crippen LogP) is 1.48. The number of nitrogens with one attached hydrogen (secondary N) is 1. The van der Waals surface area contributed by atoms with Crippen molar-refractivity contribution in [2.75, 3.05) is 26.3 Å². The third-order valence-electron chi connectivity index (χ3n) is 4.12. The molecule has 0 bridgehead atoms. The van der Waals surface area contributed by atoms with Crippen molar-refractivity contribution in [2.45, 2.75) is 51.7 Å². The zero-order valence-corrected chi connectivity index (χ0v) is 10.9. The van der Waals surface area contributed by atoms with Gasteiger partial charge < -0.3 is 10.1 Å². The van der Waals surface area contributed by atoms with Gasteiger partial charge in [-0.15, -0.1) is 0 Å². The van der Waals surface area contributed by atoms with Crippen LogP contribution in [0.4, 0.5) is 0 Å². The fourth-order valence-electron chi connectivity index (χ4n) is 2.85. The molecule has 2 aliphatic rings. The average molecular weight is 226 g/mol. The Morgan fingerprint density at radius 1 is 1.31 bits per heavy atom. The van der Waals surface area contributed by atoms with Gasteiger partial charge in [0.1, 0.15) is 0 Å². The lowest BCUT2D eigenvalue weighted by Crippen LogP contribution is -2.47. The fraction of sp³-hybridized carbons (Fsp3) is 1.00. The summed E-state index contributed by atoms with van der Waals surface area (Å²) in [5, 5.41) is 3.68. The summed E-state index contributed by atoms with van der Waals surface area (Å²) in [4.78, 5) is 2.68. The second-order valence-electron chi connectivity index (χ2n) is 5.66. The van der Waals surface area contributed by atoms with Crippen LogP contribution in [0.25, 0.3) is 0 Å². The average Bonchev–Trinajstić information content (AvgIpc) is 2.69. The van der Waals surface area contributed by atoms with Gasteiger partial charge in [0.25, 0.3) is 0 Å². The third-order valence-corrected chi connectivity index (χ3v) is 4.12. The van der Waals surface area contributed by atoms with E-state index >= 15 is 0 Å². The molecular formula is C13H26N2O. The smallest absolute Gasteiger partial charge is 0.0622 e. The van der Waals surface area contributed by atoms with Crippen molar-refractivity contribution in [3.63, 3.8) is 0 Å². The minimum Gasteiger partial charge on any atom is -0.380 e. The maximum atomic E-state index is 5.53. The lowest BCUT2D eigenvalue weighted by atomic mass is 10.0. The molecule has 2 saturated heterocycles. The van der Waals surface area contributed by atoms with Gasteiger partial charge in [-0.05, 0) is 32.2 Å². The highest BCUT2D eigenvalue weighted by Gasteiger charge is 2.31. The van der Waals surface area contributed by atoms with Gasteiger partial charge in [-0.25, -0.2) is 0 Å². The van der Waals surface area contributed by atoms with Crippen molar-refractivity contribution in [3.05, 3.63) is 0 Å². The van der Waals surface area contributed by atoms with Crippen LogP contribution in [0.3, 0.4) is 0 Å². The second kappa shape index (κ2) is 5.48.